The number of esters is 1. The van der Waals surface area contributed by atoms with Crippen LogP contribution in [0.25, 0.3) is 0 Å². The minimum absolute atomic E-state index is 0.126. The van der Waals surface area contributed by atoms with Crippen LogP contribution in [0.4, 0.5) is 0 Å². The zero-order valence-corrected chi connectivity index (χ0v) is 45.2. The Morgan fingerprint density at radius 3 is 1.33 bits per heavy atom. The molecule has 0 aromatic rings. The summed E-state index contributed by atoms with van der Waals surface area (Å²) in [6.07, 6.45) is 22.0. The van der Waals surface area contributed by atoms with Gasteiger partial charge >= 0.3 is 11.9 Å². The molecule has 0 aromatic heterocycles. The summed E-state index contributed by atoms with van der Waals surface area (Å²) in [7, 11) is 0. The number of carboxylic acid groups (broad SMARTS) is 1. The third kappa shape index (κ3) is 35.0. The normalized spacial score (nSPS) is 19.7. The van der Waals surface area contributed by atoms with Crippen LogP contribution < -0.4 is 10.6 Å². The third-order valence-corrected chi connectivity index (χ3v) is 13.9. The molecule has 0 saturated carbocycles. The second-order valence-corrected chi connectivity index (χ2v) is 20.7. The number of hydrogen-bond acceptors (Lipinski definition) is 15. The van der Waals surface area contributed by atoms with Crippen LogP contribution in [0, 0.1) is 0 Å². The van der Waals surface area contributed by atoms with Gasteiger partial charge in [0.05, 0.1) is 44.1 Å². The molecule has 1 aliphatic heterocycles. The van der Waals surface area contributed by atoms with Crippen molar-refractivity contribution in [2.45, 2.75) is 300 Å². The molecule has 422 valence electrons. The molecule has 0 radical (unpaired) electrons. The Labute approximate surface area is 434 Å². The van der Waals surface area contributed by atoms with E-state index in [0.717, 1.165) is 77.0 Å². The van der Waals surface area contributed by atoms with Crippen LogP contribution >= 0.6 is 0 Å². The lowest BCUT2D eigenvalue weighted by Crippen LogP contribution is -2.65. The fraction of sp³-hybridized carbons (Fsp3) is 0.911. The van der Waals surface area contributed by atoms with Gasteiger partial charge in [0.15, 0.2) is 5.78 Å². The minimum atomic E-state index is -1.58. The average Bonchev–Trinajstić information content (AvgIpc) is 3.34. The van der Waals surface area contributed by atoms with Gasteiger partial charge in [-0.3, -0.25) is 34.6 Å². The predicted octanol–water partition coefficient (Wildman–Crippen LogP) is 8.50. The Bertz CT molecular complexity index is 1390. The number of Topliss-reactive ketones (excluding diaryl/α,β-unsaturated/α-hetero) is 3. The van der Waals surface area contributed by atoms with Gasteiger partial charge in [-0.15, -0.1) is 0 Å². The minimum Gasteiger partial charge on any atom is -0.480 e. The molecule has 0 bridgehead atoms. The highest BCUT2D eigenvalue weighted by Gasteiger charge is 2.48. The van der Waals surface area contributed by atoms with Crippen molar-refractivity contribution in [3.05, 3.63) is 0 Å². The van der Waals surface area contributed by atoms with E-state index in [-0.39, 0.29) is 50.3 Å². The Morgan fingerprint density at radius 2 is 0.931 bits per heavy atom. The van der Waals surface area contributed by atoms with Crippen LogP contribution in [0.15, 0.2) is 0 Å². The number of aliphatic hydroxyl groups excluding tert-OH is 5. The molecular formula is C56H104N2O14. The van der Waals surface area contributed by atoms with Crippen molar-refractivity contribution in [1.82, 2.24) is 10.6 Å². The lowest BCUT2D eigenvalue weighted by Gasteiger charge is -2.43. The number of ketones is 3. The number of carbonyl (C=O) groups excluding carboxylic acids is 4. The van der Waals surface area contributed by atoms with Crippen LogP contribution in [0.3, 0.4) is 0 Å². The smallest absolute Gasteiger partial charge is 0.320 e. The summed E-state index contributed by atoms with van der Waals surface area (Å²) in [5.41, 5.74) is 0. The molecule has 1 rings (SSSR count). The van der Waals surface area contributed by atoms with E-state index >= 15 is 0 Å². The monoisotopic (exact) mass is 1030 g/mol. The summed E-state index contributed by atoms with van der Waals surface area (Å²) < 4.78 is 17.4. The average molecular weight is 1030 g/mol. The number of hydrogen-bond donors (Lipinski definition) is 8. The summed E-state index contributed by atoms with van der Waals surface area (Å²) in [6.45, 7) is 4.61. The van der Waals surface area contributed by atoms with Gasteiger partial charge in [0.2, 0.25) is 6.29 Å². The topological polar surface area (TPSA) is 258 Å². The third-order valence-electron chi connectivity index (χ3n) is 13.9. The van der Waals surface area contributed by atoms with Crippen LogP contribution in [-0.2, 0) is 38.2 Å². The predicted molar refractivity (Wildman–Crippen MR) is 280 cm³/mol. The lowest BCUT2D eigenvalue weighted by molar-refractivity contribution is -0.270. The second kappa shape index (κ2) is 44.8. The van der Waals surface area contributed by atoms with Crippen molar-refractivity contribution in [1.29, 1.82) is 0 Å². The first-order valence-corrected chi connectivity index (χ1v) is 28.8. The quantitative estimate of drug-likeness (QED) is 0.0210. The van der Waals surface area contributed by atoms with Gasteiger partial charge in [0, 0.05) is 25.7 Å². The summed E-state index contributed by atoms with van der Waals surface area (Å²) in [4.78, 5) is 64.5. The molecular weight excluding hydrogens is 925 g/mol. The maximum Gasteiger partial charge on any atom is 0.320 e. The number of aliphatic carboxylic acids is 1. The first kappa shape index (κ1) is 67.6. The highest BCUT2D eigenvalue weighted by molar-refractivity contribution is 5.82. The molecule has 1 aliphatic rings. The number of aliphatic hydroxyl groups is 5. The molecule has 1 saturated heterocycles. The van der Waals surface area contributed by atoms with Crippen LogP contribution in [0.1, 0.15) is 245 Å². The number of unbranched alkanes of at least 4 members (excludes halogenated alkanes) is 24. The largest absolute Gasteiger partial charge is 0.480 e. The molecule has 1 fully saturated rings. The molecule has 16 nitrogen and oxygen atoms in total. The van der Waals surface area contributed by atoms with Gasteiger partial charge in [-0.2, -0.15) is 0 Å². The van der Waals surface area contributed by atoms with Crippen molar-refractivity contribution < 1.29 is 68.8 Å². The molecule has 1 heterocycles. The zero-order chi connectivity index (χ0) is 53.2. The van der Waals surface area contributed by atoms with Gasteiger partial charge in [-0.1, -0.05) is 194 Å². The number of carbonyl (C=O) groups is 5. The Morgan fingerprint density at radius 1 is 0.542 bits per heavy atom. The van der Waals surface area contributed by atoms with Crippen LogP contribution in [0.2, 0.25) is 0 Å². The summed E-state index contributed by atoms with van der Waals surface area (Å²) in [5.74, 6) is -3.42. The van der Waals surface area contributed by atoms with E-state index in [2.05, 4.69) is 31.4 Å². The zero-order valence-electron chi connectivity index (χ0n) is 45.2. The van der Waals surface area contributed by atoms with Gasteiger partial charge in [-0.25, -0.2) is 0 Å². The molecule has 1 unspecified atom stereocenters. The number of carboxylic acids is 1. The maximum atomic E-state index is 13.4. The standard InChI is InChI=1S/C56H104N2O14/c1-4-7-10-13-16-19-22-25-28-31-43(60)36-46(63)39-57-49(55(68)69)34-35-51(66)72-56-52(58-40-47(64)37-44(61)32-29-26-23-20-17-14-11-8-5-2)54(53(67)50(41-59)71-56)70-42-48(65)38-45(62)33-30-27-24-21-18-15-12-9-6-3/h43-45,49-50,52-54,56-62,67H,4-42H2,1-3H3,(H,68,69)/t43-,44-,45-,49+,50-,52-,53-,54-,56?/m1/s1. The van der Waals surface area contributed by atoms with Crippen molar-refractivity contribution in [3.63, 3.8) is 0 Å². The van der Waals surface area contributed by atoms with Crippen LogP contribution in [0.5, 0.6) is 0 Å². The lowest BCUT2D eigenvalue weighted by atomic mass is 9.96. The van der Waals surface area contributed by atoms with Gasteiger partial charge in [0.1, 0.15) is 42.5 Å². The van der Waals surface area contributed by atoms with E-state index in [1.54, 1.807) is 0 Å². The van der Waals surface area contributed by atoms with E-state index in [1.165, 1.54) is 96.3 Å². The summed E-state index contributed by atoms with van der Waals surface area (Å²) in [5, 5.41) is 68.8. The Hall–Kier alpha value is -2.41. The van der Waals surface area contributed by atoms with Gasteiger partial charge in [-0.05, 0) is 25.7 Å². The van der Waals surface area contributed by atoms with Crippen molar-refractivity contribution in [2.75, 3.05) is 26.3 Å². The molecule has 9 atom stereocenters. The van der Waals surface area contributed by atoms with Crippen molar-refractivity contribution >= 4 is 29.3 Å². The molecule has 0 amide bonds. The van der Waals surface area contributed by atoms with E-state index in [0.29, 0.717) is 19.3 Å². The molecule has 8 N–H and O–H groups in total. The fourth-order valence-corrected chi connectivity index (χ4v) is 9.37. The molecule has 0 aliphatic carbocycles. The number of rotatable bonds is 51. The summed E-state index contributed by atoms with van der Waals surface area (Å²) >= 11 is 0. The van der Waals surface area contributed by atoms with Gasteiger partial charge < -0.3 is 44.8 Å². The fourth-order valence-electron chi connectivity index (χ4n) is 9.37. The Balaban J connectivity index is 2.88. The van der Waals surface area contributed by atoms with E-state index in [1.807, 2.05) is 0 Å². The molecule has 0 spiro atoms. The highest BCUT2D eigenvalue weighted by Crippen LogP contribution is 2.26. The highest BCUT2D eigenvalue weighted by atomic mass is 16.7. The Kier molecular flexibility index (Phi) is 42.1. The van der Waals surface area contributed by atoms with E-state index in [4.69, 9.17) is 14.2 Å². The first-order valence-electron chi connectivity index (χ1n) is 28.8. The van der Waals surface area contributed by atoms with E-state index in [9.17, 15) is 54.6 Å². The van der Waals surface area contributed by atoms with Crippen LogP contribution in [-0.4, -0.2) is 141 Å². The summed E-state index contributed by atoms with van der Waals surface area (Å²) in [6, 6.07) is -2.58. The van der Waals surface area contributed by atoms with E-state index < -0.39 is 92.4 Å². The maximum absolute atomic E-state index is 13.4. The molecule has 0 aromatic carbocycles. The van der Waals surface area contributed by atoms with Crippen molar-refractivity contribution in [3.8, 4) is 0 Å². The second-order valence-electron chi connectivity index (χ2n) is 20.7. The van der Waals surface area contributed by atoms with Crippen molar-refractivity contribution in [2.24, 2.45) is 0 Å². The molecule has 72 heavy (non-hydrogen) atoms. The SMILES string of the molecule is CCCCCCCCCCC[C@@H](O)CC(=O)CN[C@@H](CCC(=O)OC1O[C@H](CO)[C@@H](O)[C@H](OCC(=O)C[C@H](O)CCCCCCCCCCC)[C@H]1NCC(=O)C[C@H](O)CCCCCCCCCCC)C(=O)O. The number of ether oxygens (including phenoxy) is 3. The molecule has 16 heteroatoms. The first-order chi connectivity index (χ1) is 34.8. The number of nitrogens with one attached hydrogen (secondary N) is 2. The van der Waals surface area contributed by atoms with Gasteiger partial charge in [0.25, 0.3) is 0 Å².